The Hall–Kier alpha value is -1.88. The number of hydrogen-bond donors (Lipinski definition) is 1. The monoisotopic (exact) mass is 330 g/mol. The first-order valence-electron chi connectivity index (χ1n) is 9.09. The Bertz CT molecular complexity index is 660. The highest BCUT2D eigenvalue weighted by molar-refractivity contribution is 5.92. The molecule has 0 aliphatic heterocycles. The van der Waals surface area contributed by atoms with Crippen molar-refractivity contribution >= 4 is 22.9 Å². The van der Waals surface area contributed by atoms with Crippen LogP contribution in [0, 0.1) is 5.92 Å². The molecule has 1 aromatic heterocycles. The number of hydrogen-bond acceptors (Lipinski definition) is 3. The molecule has 1 N–H and O–H groups in total. The molecule has 0 fully saturated rings. The number of carbonyl (C=O) groups is 1. The first-order chi connectivity index (χ1) is 11.6. The van der Waals surface area contributed by atoms with Gasteiger partial charge in [0.25, 0.3) is 0 Å². The lowest BCUT2D eigenvalue weighted by atomic mass is 10.1. The second-order valence-electron chi connectivity index (χ2n) is 6.28. The summed E-state index contributed by atoms with van der Waals surface area (Å²) in [5, 5.41) is 3.04. The van der Waals surface area contributed by atoms with Crippen LogP contribution < -0.4 is 5.32 Å². The van der Waals surface area contributed by atoms with Gasteiger partial charge in [0.1, 0.15) is 0 Å². The second kappa shape index (κ2) is 8.83. The average Bonchev–Trinajstić information content (AvgIpc) is 2.93. The molecular formula is C19H30N4O. The van der Waals surface area contributed by atoms with E-state index in [0.29, 0.717) is 5.95 Å². The normalized spacial score (nSPS) is 12.7. The van der Waals surface area contributed by atoms with Gasteiger partial charge >= 0.3 is 0 Å². The Morgan fingerprint density at radius 1 is 1.25 bits per heavy atom. The number of fused-ring (bicyclic) bond motifs is 1. The SMILES string of the molecule is CCCC(C)C(=O)Nc1nc2ccccc2n1CCN(CC)CC. The van der Waals surface area contributed by atoms with Crippen LogP contribution in [0.1, 0.15) is 40.5 Å². The van der Waals surface area contributed by atoms with Crippen LogP contribution in [0.4, 0.5) is 5.95 Å². The molecule has 1 atom stereocenters. The zero-order valence-electron chi connectivity index (χ0n) is 15.4. The van der Waals surface area contributed by atoms with E-state index in [1.54, 1.807) is 0 Å². The van der Waals surface area contributed by atoms with Crippen molar-refractivity contribution in [3.05, 3.63) is 24.3 Å². The van der Waals surface area contributed by atoms with Crippen LogP contribution in [0.25, 0.3) is 11.0 Å². The van der Waals surface area contributed by atoms with Crippen LogP contribution in [-0.2, 0) is 11.3 Å². The van der Waals surface area contributed by atoms with E-state index in [9.17, 15) is 4.79 Å². The largest absolute Gasteiger partial charge is 0.309 e. The maximum atomic E-state index is 12.4. The average molecular weight is 330 g/mol. The van der Waals surface area contributed by atoms with Gasteiger partial charge < -0.3 is 9.47 Å². The second-order valence-corrected chi connectivity index (χ2v) is 6.28. The van der Waals surface area contributed by atoms with E-state index < -0.39 is 0 Å². The van der Waals surface area contributed by atoms with Gasteiger partial charge in [0, 0.05) is 19.0 Å². The molecule has 24 heavy (non-hydrogen) atoms. The molecule has 0 aliphatic rings. The van der Waals surface area contributed by atoms with Crippen molar-refractivity contribution in [2.45, 2.75) is 47.1 Å². The van der Waals surface area contributed by atoms with Gasteiger partial charge in [-0.2, -0.15) is 0 Å². The number of nitrogens with one attached hydrogen (secondary N) is 1. The smallest absolute Gasteiger partial charge is 0.229 e. The molecule has 0 saturated carbocycles. The van der Waals surface area contributed by atoms with E-state index in [2.05, 4.69) is 46.6 Å². The molecule has 1 unspecified atom stereocenters. The van der Waals surface area contributed by atoms with E-state index in [-0.39, 0.29) is 11.8 Å². The summed E-state index contributed by atoms with van der Waals surface area (Å²) in [6, 6.07) is 8.06. The van der Waals surface area contributed by atoms with Crippen molar-refractivity contribution in [2.24, 2.45) is 5.92 Å². The highest BCUT2D eigenvalue weighted by Gasteiger charge is 2.17. The minimum absolute atomic E-state index is 0.00560. The number of carbonyl (C=O) groups excluding carboxylic acids is 1. The highest BCUT2D eigenvalue weighted by atomic mass is 16.2. The zero-order chi connectivity index (χ0) is 17.5. The Morgan fingerprint density at radius 2 is 1.96 bits per heavy atom. The van der Waals surface area contributed by atoms with E-state index in [1.807, 2.05) is 25.1 Å². The van der Waals surface area contributed by atoms with Crippen LogP contribution in [0.15, 0.2) is 24.3 Å². The predicted octanol–water partition coefficient (Wildman–Crippen LogP) is 3.75. The molecule has 0 aliphatic carbocycles. The lowest BCUT2D eigenvalue weighted by Gasteiger charge is -2.19. The topological polar surface area (TPSA) is 50.2 Å². The molecule has 5 heteroatoms. The fraction of sp³-hybridized carbons (Fsp3) is 0.579. The van der Waals surface area contributed by atoms with Crippen molar-refractivity contribution in [1.29, 1.82) is 0 Å². The zero-order valence-corrected chi connectivity index (χ0v) is 15.4. The molecule has 0 radical (unpaired) electrons. The van der Waals surface area contributed by atoms with Gasteiger partial charge in [0.15, 0.2) is 0 Å². The Kier molecular flexibility index (Phi) is 6.79. The minimum Gasteiger partial charge on any atom is -0.309 e. The van der Waals surface area contributed by atoms with E-state index in [0.717, 1.165) is 50.1 Å². The Morgan fingerprint density at radius 3 is 2.62 bits per heavy atom. The summed E-state index contributed by atoms with van der Waals surface area (Å²) in [4.78, 5) is 19.4. The molecule has 1 aromatic carbocycles. The quantitative estimate of drug-likeness (QED) is 0.762. The maximum absolute atomic E-state index is 12.4. The third-order valence-corrected chi connectivity index (χ3v) is 4.59. The number of anilines is 1. The third-order valence-electron chi connectivity index (χ3n) is 4.59. The van der Waals surface area contributed by atoms with Crippen LogP contribution in [0.3, 0.4) is 0 Å². The molecule has 0 saturated heterocycles. The fourth-order valence-corrected chi connectivity index (χ4v) is 2.98. The van der Waals surface area contributed by atoms with Crippen LogP contribution in [-0.4, -0.2) is 40.0 Å². The number of amides is 1. The molecule has 5 nitrogen and oxygen atoms in total. The van der Waals surface area contributed by atoms with Gasteiger partial charge in [-0.05, 0) is 31.6 Å². The number of aromatic nitrogens is 2. The summed E-state index contributed by atoms with van der Waals surface area (Å²) in [6.07, 6.45) is 1.90. The number of para-hydroxylation sites is 2. The number of rotatable bonds is 9. The van der Waals surface area contributed by atoms with Crippen LogP contribution in [0.5, 0.6) is 0 Å². The van der Waals surface area contributed by atoms with Gasteiger partial charge in [0.05, 0.1) is 11.0 Å². The van der Waals surface area contributed by atoms with E-state index in [1.165, 1.54) is 0 Å². The number of likely N-dealkylation sites (N-methyl/N-ethyl adjacent to an activating group) is 1. The highest BCUT2D eigenvalue weighted by Crippen LogP contribution is 2.20. The molecule has 2 aromatic rings. The van der Waals surface area contributed by atoms with Crippen molar-refractivity contribution in [1.82, 2.24) is 14.5 Å². The third kappa shape index (κ3) is 4.35. The van der Waals surface area contributed by atoms with Crippen molar-refractivity contribution in [2.75, 3.05) is 25.0 Å². The molecule has 0 spiro atoms. The maximum Gasteiger partial charge on any atom is 0.229 e. The van der Waals surface area contributed by atoms with Gasteiger partial charge in [-0.1, -0.05) is 46.2 Å². The van der Waals surface area contributed by atoms with Gasteiger partial charge in [-0.3, -0.25) is 10.1 Å². The lowest BCUT2D eigenvalue weighted by molar-refractivity contribution is -0.119. The Labute approximate surface area is 145 Å². The molecule has 132 valence electrons. The van der Waals surface area contributed by atoms with Gasteiger partial charge in [0.2, 0.25) is 11.9 Å². The minimum atomic E-state index is 0.00560. The summed E-state index contributed by atoms with van der Waals surface area (Å²) < 4.78 is 2.13. The van der Waals surface area contributed by atoms with Gasteiger partial charge in [-0.25, -0.2) is 4.98 Å². The predicted molar refractivity (Wildman–Crippen MR) is 100 cm³/mol. The number of benzene rings is 1. The molecule has 1 amide bonds. The number of nitrogens with zero attached hydrogens (tertiary/aromatic N) is 3. The molecular weight excluding hydrogens is 300 g/mol. The fourth-order valence-electron chi connectivity index (χ4n) is 2.98. The van der Waals surface area contributed by atoms with Crippen molar-refractivity contribution < 1.29 is 4.79 Å². The molecule has 2 rings (SSSR count). The van der Waals surface area contributed by atoms with Crippen molar-refractivity contribution in [3.63, 3.8) is 0 Å². The first kappa shape index (κ1) is 18.5. The van der Waals surface area contributed by atoms with Gasteiger partial charge in [-0.15, -0.1) is 0 Å². The first-order valence-corrected chi connectivity index (χ1v) is 9.09. The van der Waals surface area contributed by atoms with Crippen LogP contribution >= 0.6 is 0 Å². The van der Waals surface area contributed by atoms with E-state index in [4.69, 9.17) is 0 Å². The molecule has 0 bridgehead atoms. The standard InChI is InChI=1S/C19H30N4O/c1-5-10-15(4)18(24)21-19-20-16-11-8-9-12-17(16)23(19)14-13-22(6-2)7-3/h8-9,11-12,15H,5-7,10,13-14H2,1-4H3,(H,20,21,24). The van der Waals surface area contributed by atoms with E-state index >= 15 is 0 Å². The Balaban J connectivity index is 2.24. The summed E-state index contributed by atoms with van der Waals surface area (Å²) in [6.45, 7) is 12.2. The number of imidazole rings is 1. The summed E-state index contributed by atoms with van der Waals surface area (Å²) >= 11 is 0. The van der Waals surface area contributed by atoms with Crippen LogP contribution in [0.2, 0.25) is 0 Å². The summed E-state index contributed by atoms with van der Waals surface area (Å²) in [5.74, 6) is 0.721. The molecule has 1 heterocycles. The van der Waals surface area contributed by atoms with Crippen molar-refractivity contribution in [3.8, 4) is 0 Å². The lowest BCUT2D eigenvalue weighted by Crippen LogP contribution is -2.28. The summed E-state index contributed by atoms with van der Waals surface area (Å²) in [5.41, 5.74) is 2.00. The summed E-state index contributed by atoms with van der Waals surface area (Å²) in [7, 11) is 0.